The summed E-state index contributed by atoms with van der Waals surface area (Å²) < 4.78 is 0. The third kappa shape index (κ3) is 13.0. The quantitative estimate of drug-likeness (QED) is 0.105. The average molecular weight is 965 g/mol. The molecule has 62 heavy (non-hydrogen) atoms. The monoisotopic (exact) mass is 962 g/mol. The van der Waals surface area contributed by atoms with E-state index in [9.17, 15) is 0 Å². The fourth-order valence-electron chi connectivity index (χ4n) is 10.8. The minimum atomic E-state index is 0. The van der Waals surface area contributed by atoms with Gasteiger partial charge in [0.1, 0.15) is 0 Å². The molecular weight excluding hydrogens is 887 g/mol. The summed E-state index contributed by atoms with van der Waals surface area (Å²) in [6.07, 6.45) is 19.3. The number of benzene rings is 4. The summed E-state index contributed by atoms with van der Waals surface area (Å²) in [5.41, 5.74) is 12.9. The zero-order valence-electron chi connectivity index (χ0n) is 40.1. The second kappa shape index (κ2) is 24.3. The zero-order chi connectivity index (χ0) is 41.6. The molecule has 0 heterocycles. The molecule has 2 fully saturated rings. The number of hydrogen-bond acceptors (Lipinski definition) is 0. The molecule has 0 N–H and O–H groups in total. The van der Waals surface area contributed by atoms with Gasteiger partial charge in [0.15, 0.2) is 0 Å². The molecule has 2 aliphatic rings. The molecule has 0 spiro atoms. The molecule has 6 aromatic rings. The summed E-state index contributed by atoms with van der Waals surface area (Å²) in [6.45, 7) is 21.8. The van der Waals surface area contributed by atoms with Gasteiger partial charge in [0.2, 0.25) is 0 Å². The molecule has 0 amide bonds. The fourth-order valence-corrected chi connectivity index (χ4v) is 10.8. The van der Waals surface area contributed by atoms with E-state index in [0.29, 0.717) is 10.8 Å². The van der Waals surface area contributed by atoms with Crippen LogP contribution >= 0.6 is 24.8 Å². The van der Waals surface area contributed by atoms with Crippen molar-refractivity contribution in [1.82, 2.24) is 0 Å². The van der Waals surface area contributed by atoms with E-state index in [0.717, 1.165) is 0 Å². The Morgan fingerprint density at radius 2 is 0.806 bits per heavy atom. The molecule has 2 saturated carbocycles. The molecule has 0 unspecified atom stereocenters. The molecular formula is C58H78Cl2SiZr-4. The van der Waals surface area contributed by atoms with Crippen molar-refractivity contribution in [2.75, 3.05) is 0 Å². The van der Waals surface area contributed by atoms with Gasteiger partial charge in [0, 0.05) is 0 Å². The predicted octanol–water partition coefficient (Wildman–Crippen LogP) is 18.2. The van der Waals surface area contributed by atoms with Gasteiger partial charge in [0.25, 0.3) is 0 Å². The Labute approximate surface area is 409 Å². The van der Waals surface area contributed by atoms with Crippen molar-refractivity contribution in [3.8, 4) is 22.3 Å². The van der Waals surface area contributed by atoms with Crippen LogP contribution in [0.25, 0.3) is 43.8 Å². The molecule has 2 radical (unpaired) electrons. The van der Waals surface area contributed by atoms with Gasteiger partial charge >= 0.3 is 30.2 Å². The summed E-state index contributed by atoms with van der Waals surface area (Å²) in [6, 6.07) is 41.5. The zero-order valence-corrected chi connectivity index (χ0v) is 45.2. The Morgan fingerprint density at radius 3 is 1.13 bits per heavy atom. The van der Waals surface area contributed by atoms with Crippen LogP contribution in [0.1, 0.15) is 155 Å². The molecule has 0 bridgehead atoms. The van der Waals surface area contributed by atoms with Crippen LogP contribution < -0.4 is 0 Å². The van der Waals surface area contributed by atoms with E-state index >= 15 is 0 Å². The van der Waals surface area contributed by atoms with Crippen molar-refractivity contribution in [2.45, 2.75) is 156 Å². The topological polar surface area (TPSA) is 0 Å². The van der Waals surface area contributed by atoms with Gasteiger partial charge in [-0.2, -0.15) is 12.1 Å². The van der Waals surface area contributed by atoms with Crippen LogP contribution in [-0.2, 0) is 47.0 Å². The van der Waals surface area contributed by atoms with Crippen LogP contribution in [-0.4, -0.2) is 6.88 Å². The van der Waals surface area contributed by atoms with Crippen molar-refractivity contribution in [2.24, 2.45) is 10.8 Å². The summed E-state index contributed by atoms with van der Waals surface area (Å²) in [4.78, 5) is 0. The van der Waals surface area contributed by atoms with Crippen LogP contribution in [0.4, 0.5) is 0 Å². The second-order valence-electron chi connectivity index (χ2n) is 20.1. The molecule has 6 aromatic carbocycles. The van der Waals surface area contributed by atoms with Crippen molar-refractivity contribution >= 4 is 53.2 Å². The van der Waals surface area contributed by atoms with E-state index in [-0.39, 0.29) is 50.5 Å². The number of rotatable bonds is 8. The number of fused-ring (bicyclic) bond motifs is 2. The van der Waals surface area contributed by atoms with Crippen LogP contribution in [0.5, 0.6) is 0 Å². The van der Waals surface area contributed by atoms with Gasteiger partial charge in [-0.15, -0.1) is 93.9 Å². The molecule has 4 heteroatoms. The third-order valence-corrected chi connectivity index (χ3v) is 14.2. The van der Waals surface area contributed by atoms with Crippen molar-refractivity contribution in [3.05, 3.63) is 146 Å². The summed E-state index contributed by atoms with van der Waals surface area (Å²) in [5.74, 6) is 0. The van der Waals surface area contributed by atoms with E-state index in [2.05, 4.69) is 171 Å². The molecule has 0 saturated heterocycles. The normalized spacial score (nSPS) is 15.5. The van der Waals surface area contributed by atoms with Crippen molar-refractivity contribution in [1.29, 1.82) is 0 Å². The first-order valence-corrected chi connectivity index (χ1v) is 26.8. The Kier molecular flexibility index (Phi) is 22.0. The molecule has 336 valence electrons. The van der Waals surface area contributed by atoms with E-state index in [1.54, 1.807) is 11.1 Å². The van der Waals surface area contributed by atoms with Gasteiger partial charge in [-0.05, 0) is 82.4 Å². The van der Waals surface area contributed by atoms with Gasteiger partial charge < -0.3 is 14.9 Å². The van der Waals surface area contributed by atoms with Crippen LogP contribution in [0.15, 0.2) is 109 Å². The van der Waals surface area contributed by atoms with Gasteiger partial charge in [-0.25, -0.2) is 0 Å². The Balaban J connectivity index is 0.000000386. The summed E-state index contributed by atoms with van der Waals surface area (Å²) in [5, 5.41) is 5.66. The Morgan fingerprint density at radius 1 is 0.484 bits per heavy atom. The molecule has 0 aromatic heterocycles. The first-order valence-electron chi connectivity index (χ1n) is 22.7. The fraction of sp³-hybridized carbons (Fsp3) is 0.448. The number of hydrogen-bond donors (Lipinski definition) is 0. The van der Waals surface area contributed by atoms with E-state index in [1.807, 2.05) is 0 Å². The van der Waals surface area contributed by atoms with Crippen LogP contribution in [0.3, 0.4) is 0 Å². The third-order valence-electron chi connectivity index (χ3n) is 14.2. The Bertz CT molecular complexity index is 2090. The van der Waals surface area contributed by atoms with Crippen molar-refractivity contribution < 1.29 is 23.3 Å². The Hall–Kier alpha value is -2.22. The summed E-state index contributed by atoms with van der Waals surface area (Å²) >= 11 is 1.36. The number of halogens is 2. The van der Waals surface area contributed by atoms with Crippen molar-refractivity contribution in [3.63, 3.8) is 0 Å². The van der Waals surface area contributed by atoms with Gasteiger partial charge in [0.05, 0.1) is 0 Å². The maximum atomic E-state index is 3.06. The molecule has 2 aliphatic carbocycles. The van der Waals surface area contributed by atoms with Crippen LogP contribution in [0, 0.1) is 25.7 Å². The molecule has 0 aliphatic heterocycles. The summed E-state index contributed by atoms with van der Waals surface area (Å²) in [7, 11) is 0. The second-order valence-corrected chi connectivity index (χ2v) is 20.1. The molecule has 0 atom stereocenters. The molecule has 8 rings (SSSR count). The van der Waals surface area contributed by atoms with Crippen LogP contribution in [0.2, 0.25) is 0 Å². The van der Waals surface area contributed by atoms with Gasteiger partial charge in [-0.3, -0.25) is 0 Å². The minimum absolute atomic E-state index is 0. The first kappa shape index (κ1) is 55.9. The predicted molar refractivity (Wildman–Crippen MR) is 279 cm³/mol. The molecule has 0 nitrogen and oxygen atoms in total. The van der Waals surface area contributed by atoms with E-state index in [1.165, 1.54) is 168 Å². The van der Waals surface area contributed by atoms with Gasteiger partial charge in [-0.1, -0.05) is 179 Å². The van der Waals surface area contributed by atoms with E-state index < -0.39 is 0 Å². The first-order chi connectivity index (χ1) is 27.8. The average Bonchev–Trinajstić information content (AvgIpc) is 3.85. The maximum absolute atomic E-state index is 3.06. The van der Waals surface area contributed by atoms with E-state index in [4.69, 9.17) is 0 Å². The SMILES string of the molecule is CCC1(Cc2cc3c(-c4ccccc4C(C)(C)C)cccc3[cH-]2)CCCCC1.CCC1(Cc2cc3c(-c4ccccc4C(C)(C)C)cccc3[cH-]2)CCCCC1.Cl.Cl.[CH3-].[CH3-].[Si]=[Zr]. The standard InChI is InChI=1S/2C28H35.2CH3.2ClH.Si.Zr/c2*1-5-28(16-9-6-10-17-28)20-21-18-22-12-11-14-23(25(22)19-21)24-13-7-8-15-26(24)27(2,3)4;;;;;;/h2*7-8,11-15,18-19H,5-6,9-10,16-17,20H2,1-4H3;2*1H3;2*1H;;/q4*-1;;;;.